The number of aromatic nitrogens is 3. The predicted molar refractivity (Wildman–Crippen MR) is 111 cm³/mol. The number of benzene rings is 2. The minimum absolute atomic E-state index is 0.0150. The van der Waals surface area contributed by atoms with E-state index in [4.69, 9.17) is 11.6 Å². The molecule has 0 spiro atoms. The molecule has 29 heavy (non-hydrogen) atoms. The second-order valence-electron chi connectivity index (χ2n) is 7.30. The van der Waals surface area contributed by atoms with Crippen molar-refractivity contribution in [2.75, 3.05) is 28.2 Å². The van der Waals surface area contributed by atoms with Gasteiger partial charge in [-0.05, 0) is 58.5 Å². The molecule has 0 aliphatic rings. The Hall–Kier alpha value is -2.61. The fourth-order valence-electron chi connectivity index (χ4n) is 2.99. The van der Waals surface area contributed by atoms with Gasteiger partial charge in [0, 0.05) is 10.6 Å². The van der Waals surface area contributed by atoms with Gasteiger partial charge in [0.15, 0.2) is 11.6 Å². The lowest BCUT2D eigenvalue weighted by molar-refractivity contribution is 0.103. The standard InChI is InChI=1S/C21H23ClFN5O/c1-26(2)12-19-24-20(13-27(3)4)28(25-19)18-10-9-14(22)11-16(18)21(29)15-7-5-6-8-17(15)23/h5-11H,12-13H2,1-4H3. The molecule has 3 rings (SSSR count). The van der Waals surface area contributed by atoms with Gasteiger partial charge in [0.25, 0.3) is 0 Å². The van der Waals surface area contributed by atoms with Crippen molar-refractivity contribution in [1.82, 2.24) is 24.6 Å². The molecule has 0 fully saturated rings. The highest BCUT2D eigenvalue weighted by Crippen LogP contribution is 2.25. The van der Waals surface area contributed by atoms with Crippen LogP contribution in [0, 0.1) is 5.82 Å². The maximum absolute atomic E-state index is 14.3. The first-order chi connectivity index (χ1) is 13.8. The molecule has 0 unspecified atom stereocenters. The van der Waals surface area contributed by atoms with E-state index < -0.39 is 11.6 Å². The van der Waals surface area contributed by atoms with Crippen LogP contribution in [0.25, 0.3) is 5.69 Å². The quantitative estimate of drug-likeness (QED) is 0.553. The summed E-state index contributed by atoms with van der Waals surface area (Å²) in [6.07, 6.45) is 0. The van der Waals surface area contributed by atoms with Crippen LogP contribution in [-0.4, -0.2) is 58.5 Å². The molecule has 6 nitrogen and oxygen atoms in total. The van der Waals surface area contributed by atoms with Gasteiger partial charge in [0.1, 0.15) is 11.6 Å². The van der Waals surface area contributed by atoms with E-state index in [2.05, 4.69) is 10.1 Å². The summed E-state index contributed by atoms with van der Waals surface area (Å²) in [7, 11) is 7.72. The van der Waals surface area contributed by atoms with Crippen LogP contribution >= 0.6 is 11.6 Å². The fraction of sp³-hybridized carbons (Fsp3) is 0.286. The molecule has 0 saturated carbocycles. The van der Waals surface area contributed by atoms with E-state index in [1.165, 1.54) is 12.1 Å². The van der Waals surface area contributed by atoms with Crippen LogP contribution in [0.15, 0.2) is 42.5 Å². The van der Waals surface area contributed by atoms with Gasteiger partial charge in [-0.1, -0.05) is 23.7 Å². The number of halogens is 2. The number of hydrogen-bond acceptors (Lipinski definition) is 5. The minimum Gasteiger partial charge on any atom is -0.302 e. The summed E-state index contributed by atoms with van der Waals surface area (Å²) in [5.41, 5.74) is 0.764. The van der Waals surface area contributed by atoms with E-state index in [-0.39, 0.29) is 11.1 Å². The molecule has 3 aromatic rings. The van der Waals surface area contributed by atoms with E-state index in [1.54, 1.807) is 35.0 Å². The highest BCUT2D eigenvalue weighted by Gasteiger charge is 2.22. The van der Waals surface area contributed by atoms with Crippen molar-refractivity contribution in [3.63, 3.8) is 0 Å². The first-order valence-corrected chi connectivity index (χ1v) is 9.47. The molecule has 0 saturated heterocycles. The Bertz CT molecular complexity index is 1030. The summed E-state index contributed by atoms with van der Waals surface area (Å²) < 4.78 is 15.9. The third kappa shape index (κ3) is 4.87. The van der Waals surface area contributed by atoms with Gasteiger partial charge in [-0.2, -0.15) is 0 Å². The number of carbonyl (C=O) groups is 1. The van der Waals surface area contributed by atoms with Crippen molar-refractivity contribution in [2.24, 2.45) is 0 Å². The average Bonchev–Trinajstić information content (AvgIpc) is 3.02. The summed E-state index contributed by atoms with van der Waals surface area (Å²) in [5, 5.41) is 5.00. The highest BCUT2D eigenvalue weighted by atomic mass is 35.5. The Kier molecular flexibility index (Phi) is 6.42. The molecule has 0 amide bonds. The topological polar surface area (TPSA) is 54.3 Å². The first kappa shape index (κ1) is 21.1. The van der Waals surface area contributed by atoms with Crippen molar-refractivity contribution in [1.29, 1.82) is 0 Å². The molecule has 0 aliphatic heterocycles. The summed E-state index contributed by atoms with van der Waals surface area (Å²) in [4.78, 5) is 21.7. The van der Waals surface area contributed by atoms with E-state index in [0.717, 1.165) is 0 Å². The van der Waals surface area contributed by atoms with Crippen LogP contribution in [0.4, 0.5) is 4.39 Å². The van der Waals surface area contributed by atoms with Crippen molar-refractivity contribution in [3.05, 3.63) is 76.1 Å². The third-order valence-corrected chi connectivity index (χ3v) is 4.42. The lowest BCUT2D eigenvalue weighted by Crippen LogP contribution is -2.17. The predicted octanol–water partition coefficient (Wildman–Crippen LogP) is 3.41. The van der Waals surface area contributed by atoms with Crippen LogP contribution in [0.5, 0.6) is 0 Å². The number of nitrogens with zero attached hydrogens (tertiary/aromatic N) is 5. The Morgan fingerprint density at radius 3 is 2.38 bits per heavy atom. The van der Waals surface area contributed by atoms with Crippen LogP contribution < -0.4 is 0 Å². The summed E-state index contributed by atoms with van der Waals surface area (Å²) in [6, 6.07) is 10.8. The average molecular weight is 416 g/mol. The van der Waals surface area contributed by atoms with Crippen LogP contribution in [0.1, 0.15) is 27.6 Å². The van der Waals surface area contributed by atoms with E-state index >= 15 is 0 Å². The molecule has 152 valence electrons. The number of hydrogen-bond donors (Lipinski definition) is 0. The lowest BCUT2D eigenvalue weighted by atomic mass is 10.0. The van der Waals surface area contributed by atoms with Crippen LogP contribution in [0.2, 0.25) is 5.02 Å². The van der Waals surface area contributed by atoms with Crippen molar-refractivity contribution in [3.8, 4) is 5.69 Å². The molecular weight excluding hydrogens is 393 g/mol. The molecule has 0 aliphatic carbocycles. The van der Waals surface area contributed by atoms with Crippen LogP contribution in [-0.2, 0) is 13.1 Å². The minimum atomic E-state index is -0.580. The van der Waals surface area contributed by atoms with Crippen molar-refractivity contribution < 1.29 is 9.18 Å². The van der Waals surface area contributed by atoms with Gasteiger partial charge in [-0.25, -0.2) is 14.1 Å². The van der Waals surface area contributed by atoms with Crippen LogP contribution in [0.3, 0.4) is 0 Å². The number of rotatable bonds is 7. The maximum atomic E-state index is 14.3. The molecule has 0 N–H and O–H groups in total. The summed E-state index contributed by atoms with van der Waals surface area (Å²) in [5.74, 6) is 0.271. The van der Waals surface area contributed by atoms with E-state index in [0.29, 0.717) is 35.4 Å². The second-order valence-corrected chi connectivity index (χ2v) is 7.74. The molecule has 1 aromatic heterocycles. The van der Waals surface area contributed by atoms with E-state index in [1.807, 2.05) is 38.0 Å². The van der Waals surface area contributed by atoms with Gasteiger partial charge in [-0.15, -0.1) is 5.10 Å². The zero-order chi connectivity index (χ0) is 21.1. The zero-order valence-electron chi connectivity index (χ0n) is 16.9. The molecule has 0 atom stereocenters. The van der Waals surface area contributed by atoms with Gasteiger partial charge in [0.2, 0.25) is 0 Å². The number of carbonyl (C=O) groups excluding carboxylic acids is 1. The zero-order valence-corrected chi connectivity index (χ0v) is 17.6. The Morgan fingerprint density at radius 2 is 1.72 bits per heavy atom. The van der Waals surface area contributed by atoms with Gasteiger partial charge < -0.3 is 9.80 Å². The molecule has 1 heterocycles. The monoisotopic (exact) mass is 415 g/mol. The summed E-state index contributed by atoms with van der Waals surface area (Å²) in [6.45, 7) is 1.08. The Labute approximate surface area is 174 Å². The fourth-order valence-corrected chi connectivity index (χ4v) is 3.16. The second kappa shape index (κ2) is 8.82. The maximum Gasteiger partial charge on any atom is 0.198 e. The molecule has 2 aromatic carbocycles. The molecule has 0 bridgehead atoms. The van der Waals surface area contributed by atoms with Crippen molar-refractivity contribution in [2.45, 2.75) is 13.1 Å². The molecule has 0 radical (unpaired) electrons. The largest absolute Gasteiger partial charge is 0.302 e. The highest BCUT2D eigenvalue weighted by molar-refractivity contribution is 6.31. The smallest absolute Gasteiger partial charge is 0.198 e. The normalized spacial score (nSPS) is 11.4. The SMILES string of the molecule is CN(C)Cc1nc(CN(C)C)n(-c2ccc(Cl)cc2C(=O)c2ccccc2F)n1. The van der Waals surface area contributed by atoms with E-state index in [9.17, 15) is 9.18 Å². The van der Waals surface area contributed by atoms with Gasteiger partial charge in [0.05, 0.1) is 24.3 Å². The Morgan fingerprint density at radius 1 is 1.03 bits per heavy atom. The Balaban J connectivity index is 2.15. The summed E-state index contributed by atoms with van der Waals surface area (Å²) >= 11 is 6.17. The number of ketones is 1. The first-order valence-electron chi connectivity index (χ1n) is 9.09. The lowest BCUT2D eigenvalue weighted by Gasteiger charge is -2.14. The molecular formula is C21H23ClFN5O. The van der Waals surface area contributed by atoms with Crippen molar-refractivity contribution >= 4 is 17.4 Å². The third-order valence-electron chi connectivity index (χ3n) is 4.18. The van der Waals surface area contributed by atoms with Gasteiger partial charge in [-0.3, -0.25) is 4.79 Å². The van der Waals surface area contributed by atoms with Gasteiger partial charge >= 0.3 is 0 Å². The molecule has 8 heteroatoms.